The summed E-state index contributed by atoms with van der Waals surface area (Å²) in [6, 6.07) is 0. The molecular formula is C7H14S. The van der Waals surface area contributed by atoms with Crippen LogP contribution in [-0.4, -0.2) is 11.5 Å². The molecule has 1 fully saturated rings. The van der Waals surface area contributed by atoms with Gasteiger partial charge in [-0.25, -0.2) is 0 Å². The van der Waals surface area contributed by atoms with Crippen LogP contribution in [0.2, 0.25) is 0 Å². The fourth-order valence-electron chi connectivity index (χ4n) is 1.06. The van der Waals surface area contributed by atoms with E-state index in [0.29, 0.717) is 0 Å². The molecule has 0 aromatic carbocycles. The summed E-state index contributed by atoms with van der Waals surface area (Å²) in [5.41, 5.74) is 0. The monoisotopic (exact) mass is 130 g/mol. The van der Waals surface area contributed by atoms with Crippen molar-refractivity contribution in [3.8, 4) is 0 Å². The Balaban J connectivity index is 2.17. The summed E-state index contributed by atoms with van der Waals surface area (Å²) >= 11 is 2.12. The van der Waals surface area contributed by atoms with Crippen LogP contribution in [0.25, 0.3) is 0 Å². The predicted molar refractivity (Wildman–Crippen MR) is 40.3 cm³/mol. The zero-order valence-electron chi connectivity index (χ0n) is 5.52. The Hall–Kier alpha value is 0.350. The first-order chi connectivity index (χ1) is 3.89. The molecule has 1 aliphatic rings. The molecule has 48 valence electrons. The van der Waals surface area contributed by atoms with Gasteiger partial charge in [0.2, 0.25) is 0 Å². The van der Waals surface area contributed by atoms with Crippen LogP contribution < -0.4 is 0 Å². The van der Waals surface area contributed by atoms with E-state index in [1.807, 2.05) is 0 Å². The van der Waals surface area contributed by atoms with E-state index < -0.39 is 0 Å². The zero-order valence-corrected chi connectivity index (χ0v) is 6.34. The summed E-state index contributed by atoms with van der Waals surface area (Å²) in [6.07, 6.45) is 4.36. The van der Waals surface area contributed by atoms with E-state index in [9.17, 15) is 0 Å². The highest BCUT2D eigenvalue weighted by molar-refractivity contribution is 7.99. The van der Waals surface area contributed by atoms with Crippen molar-refractivity contribution in [1.82, 2.24) is 0 Å². The second-order valence-electron chi connectivity index (χ2n) is 2.65. The predicted octanol–water partition coefficient (Wildman–Crippen LogP) is 2.54. The average Bonchev–Trinajstić information content (AvgIpc) is 1.94. The molecule has 1 heteroatoms. The van der Waals surface area contributed by atoms with Crippen LogP contribution in [0.1, 0.15) is 26.2 Å². The van der Waals surface area contributed by atoms with Crippen molar-refractivity contribution < 1.29 is 0 Å². The summed E-state index contributed by atoms with van der Waals surface area (Å²) in [5.74, 6) is 3.82. The molecule has 1 aliphatic heterocycles. The summed E-state index contributed by atoms with van der Waals surface area (Å²) in [6.45, 7) is 2.37. The van der Waals surface area contributed by atoms with Gasteiger partial charge in [0.1, 0.15) is 0 Å². The van der Waals surface area contributed by atoms with E-state index in [0.717, 1.165) is 5.92 Å². The third-order valence-corrected chi connectivity index (χ3v) is 2.84. The SMILES string of the molecule is CC1CCCSCC1. The zero-order chi connectivity index (χ0) is 5.82. The maximum atomic E-state index is 2.37. The molecule has 0 aromatic heterocycles. The molecule has 0 amide bonds. The van der Waals surface area contributed by atoms with Crippen molar-refractivity contribution >= 4 is 11.8 Å². The smallest absolute Gasteiger partial charge is 0.00650 e. The highest BCUT2D eigenvalue weighted by Gasteiger charge is 2.05. The van der Waals surface area contributed by atoms with Gasteiger partial charge < -0.3 is 0 Å². The van der Waals surface area contributed by atoms with Gasteiger partial charge >= 0.3 is 0 Å². The molecule has 0 radical (unpaired) electrons. The number of thioether (sulfide) groups is 1. The van der Waals surface area contributed by atoms with E-state index in [1.165, 1.54) is 30.8 Å². The fourth-order valence-corrected chi connectivity index (χ4v) is 2.21. The van der Waals surface area contributed by atoms with Crippen molar-refractivity contribution in [3.63, 3.8) is 0 Å². The van der Waals surface area contributed by atoms with E-state index in [4.69, 9.17) is 0 Å². The van der Waals surface area contributed by atoms with E-state index in [1.54, 1.807) is 0 Å². The van der Waals surface area contributed by atoms with Gasteiger partial charge in [0.15, 0.2) is 0 Å². The first-order valence-corrected chi connectivity index (χ1v) is 4.63. The van der Waals surface area contributed by atoms with Gasteiger partial charge in [-0.05, 0) is 36.7 Å². The number of hydrogen-bond donors (Lipinski definition) is 0. The van der Waals surface area contributed by atoms with Crippen LogP contribution in [0.4, 0.5) is 0 Å². The summed E-state index contributed by atoms with van der Waals surface area (Å²) in [5, 5.41) is 0. The minimum Gasteiger partial charge on any atom is -0.162 e. The van der Waals surface area contributed by atoms with Crippen LogP contribution in [0.15, 0.2) is 0 Å². The largest absolute Gasteiger partial charge is 0.162 e. The van der Waals surface area contributed by atoms with Crippen LogP contribution in [-0.2, 0) is 0 Å². The van der Waals surface area contributed by atoms with Crippen molar-refractivity contribution in [2.75, 3.05) is 11.5 Å². The third-order valence-electron chi connectivity index (χ3n) is 1.74. The average molecular weight is 130 g/mol. The second-order valence-corrected chi connectivity index (χ2v) is 3.87. The second kappa shape index (κ2) is 3.39. The minimum absolute atomic E-state index is 1.00. The Bertz CT molecular complexity index is 53.4. The van der Waals surface area contributed by atoms with Gasteiger partial charge in [0.25, 0.3) is 0 Å². The number of rotatable bonds is 0. The van der Waals surface area contributed by atoms with Crippen molar-refractivity contribution in [1.29, 1.82) is 0 Å². The van der Waals surface area contributed by atoms with Gasteiger partial charge in [-0.3, -0.25) is 0 Å². The van der Waals surface area contributed by atoms with Crippen LogP contribution in [0.3, 0.4) is 0 Å². The van der Waals surface area contributed by atoms with Gasteiger partial charge in [0.05, 0.1) is 0 Å². The molecule has 1 heterocycles. The van der Waals surface area contributed by atoms with Gasteiger partial charge in [-0.15, -0.1) is 0 Å². The van der Waals surface area contributed by atoms with E-state index in [-0.39, 0.29) is 0 Å². The molecule has 0 aromatic rings. The number of hydrogen-bond acceptors (Lipinski definition) is 1. The first-order valence-electron chi connectivity index (χ1n) is 3.47. The Kier molecular flexibility index (Phi) is 2.74. The van der Waals surface area contributed by atoms with Gasteiger partial charge in [-0.1, -0.05) is 6.92 Å². The Morgan fingerprint density at radius 3 is 3.00 bits per heavy atom. The topological polar surface area (TPSA) is 0 Å². The Labute approximate surface area is 56.0 Å². The van der Waals surface area contributed by atoms with Gasteiger partial charge in [-0.2, -0.15) is 11.8 Å². The molecule has 0 aliphatic carbocycles. The lowest BCUT2D eigenvalue weighted by molar-refractivity contribution is 0.523. The highest BCUT2D eigenvalue weighted by Crippen LogP contribution is 2.20. The minimum atomic E-state index is 1.00. The third kappa shape index (κ3) is 2.08. The summed E-state index contributed by atoms with van der Waals surface area (Å²) in [4.78, 5) is 0. The quantitative estimate of drug-likeness (QED) is 0.485. The van der Waals surface area contributed by atoms with Crippen LogP contribution in [0, 0.1) is 5.92 Å². The van der Waals surface area contributed by atoms with Crippen molar-refractivity contribution in [2.24, 2.45) is 5.92 Å². The molecule has 0 nitrogen and oxygen atoms in total. The molecule has 0 N–H and O–H groups in total. The lowest BCUT2D eigenvalue weighted by Gasteiger charge is -2.02. The lowest BCUT2D eigenvalue weighted by atomic mass is 10.0. The standard InChI is InChI=1S/C7H14S/c1-7-3-2-5-8-6-4-7/h7H,2-6H2,1H3. The highest BCUT2D eigenvalue weighted by atomic mass is 32.2. The van der Waals surface area contributed by atoms with E-state index in [2.05, 4.69) is 18.7 Å². The maximum Gasteiger partial charge on any atom is -0.00650 e. The fraction of sp³-hybridized carbons (Fsp3) is 1.00. The van der Waals surface area contributed by atoms with Gasteiger partial charge in [0, 0.05) is 0 Å². The molecule has 0 saturated carbocycles. The molecular weight excluding hydrogens is 116 g/mol. The molecule has 1 saturated heterocycles. The Morgan fingerprint density at radius 1 is 1.25 bits per heavy atom. The molecule has 0 spiro atoms. The molecule has 0 bridgehead atoms. The molecule has 1 rings (SSSR count). The van der Waals surface area contributed by atoms with Crippen LogP contribution >= 0.6 is 11.8 Å². The first kappa shape index (κ1) is 6.47. The molecule has 1 atom stereocenters. The van der Waals surface area contributed by atoms with Crippen molar-refractivity contribution in [3.05, 3.63) is 0 Å². The van der Waals surface area contributed by atoms with E-state index >= 15 is 0 Å². The normalized spacial score (nSPS) is 31.9. The maximum absolute atomic E-state index is 2.37. The lowest BCUT2D eigenvalue weighted by Crippen LogP contribution is -1.91. The molecule has 8 heavy (non-hydrogen) atoms. The van der Waals surface area contributed by atoms with Crippen molar-refractivity contribution in [2.45, 2.75) is 26.2 Å². The Morgan fingerprint density at radius 2 is 2.12 bits per heavy atom. The van der Waals surface area contributed by atoms with Crippen LogP contribution in [0.5, 0.6) is 0 Å². The summed E-state index contributed by atoms with van der Waals surface area (Å²) in [7, 11) is 0. The molecule has 1 unspecified atom stereocenters. The summed E-state index contributed by atoms with van der Waals surface area (Å²) < 4.78 is 0.